The highest BCUT2D eigenvalue weighted by molar-refractivity contribution is 6.30. The molecule has 2 aromatic rings. The van der Waals surface area contributed by atoms with Gasteiger partial charge in [-0.05, 0) is 35.8 Å². The van der Waals surface area contributed by atoms with E-state index in [-0.39, 0.29) is 0 Å². The van der Waals surface area contributed by atoms with Crippen molar-refractivity contribution in [2.75, 3.05) is 0 Å². The van der Waals surface area contributed by atoms with Gasteiger partial charge in [0.15, 0.2) is 0 Å². The molecular formula is C15H13Cl. The van der Waals surface area contributed by atoms with Gasteiger partial charge in [-0.15, -0.1) is 0 Å². The summed E-state index contributed by atoms with van der Waals surface area (Å²) in [5.74, 6) is 0. The van der Waals surface area contributed by atoms with Crippen LogP contribution < -0.4 is 0 Å². The van der Waals surface area contributed by atoms with Gasteiger partial charge in [0.05, 0.1) is 0 Å². The first-order chi connectivity index (χ1) is 7.81. The van der Waals surface area contributed by atoms with Crippen LogP contribution in [0.5, 0.6) is 0 Å². The highest BCUT2D eigenvalue weighted by Crippen LogP contribution is 2.24. The molecule has 2 rings (SSSR count). The smallest absolute Gasteiger partial charge is 0.0406 e. The van der Waals surface area contributed by atoms with Crippen LogP contribution in [0.15, 0.2) is 60.7 Å². The normalized spacial score (nSPS) is 11.5. The topological polar surface area (TPSA) is 0 Å². The van der Waals surface area contributed by atoms with Crippen molar-refractivity contribution in [3.63, 3.8) is 0 Å². The lowest BCUT2D eigenvalue weighted by Crippen LogP contribution is -1.86. The molecule has 0 radical (unpaired) electrons. The molecule has 0 aliphatic heterocycles. The average Bonchev–Trinajstić information content (AvgIpc) is 2.34. The quantitative estimate of drug-likeness (QED) is 0.693. The molecule has 0 amide bonds. The molecule has 2 aromatic carbocycles. The molecule has 0 spiro atoms. The van der Waals surface area contributed by atoms with Gasteiger partial charge in [0.1, 0.15) is 0 Å². The Morgan fingerprint density at radius 1 is 0.875 bits per heavy atom. The van der Waals surface area contributed by atoms with E-state index in [0.29, 0.717) is 0 Å². The second-order valence-corrected chi connectivity index (χ2v) is 4.01. The van der Waals surface area contributed by atoms with E-state index in [4.69, 9.17) is 11.6 Å². The molecule has 0 aliphatic rings. The van der Waals surface area contributed by atoms with E-state index >= 15 is 0 Å². The van der Waals surface area contributed by atoms with Gasteiger partial charge in [-0.25, -0.2) is 0 Å². The van der Waals surface area contributed by atoms with Crippen molar-refractivity contribution in [2.45, 2.75) is 6.92 Å². The predicted octanol–water partition coefficient (Wildman–Crippen LogP) is 4.79. The molecule has 0 saturated carbocycles. The molecule has 80 valence electrons. The maximum atomic E-state index is 5.89. The highest BCUT2D eigenvalue weighted by atomic mass is 35.5. The molecule has 16 heavy (non-hydrogen) atoms. The monoisotopic (exact) mass is 228 g/mol. The summed E-state index contributed by atoms with van der Waals surface area (Å²) >= 11 is 5.89. The Morgan fingerprint density at radius 2 is 1.44 bits per heavy atom. The number of allylic oxidation sites excluding steroid dienone is 1. The molecule has 0 N–H and O–H groups in total. The second-order valence-electron chi connectivity index (χ2n) is 3.58. The first-order valence-electron chi connectivity index (χ1n) is 5.29. The molecule has 0 bridgehead atoms. The summed E-state index contributed by atoms with van der Waals surface area (Å²) in [7, 11) is 0. The minimum atomic E-state index is 0.771. The molecule has 0 saturated heterocycles. The zero-order valence-electron chi connectivity index (χ0n) is 9.15. The Labute approximate surface area is 101 Å². The summed E-state index contributed by atoms with van der Waals surface area (Å²) in [5.41, 5.74) is 3.66. The van der Waals surface area contributed by atoms with Crippen LogP contribution in [0, 0.1) is 0 Å². The maximum absolute atomic E-state index is 5.89. The minimum absolute atomic E-state index is 0.771. The number of benzene rings is 2. The van der Waals surface area contributed by atoms with Crippen LogP contribution in [0.2, 0.25) is 5.02 Å². The summed E-state index contributed by atoms with van der Waals surface area (Å²) in [4.78, 5) is 0. The summed E-state index contributed by atoms with van der Waals surface area (Å²) in [6, 6.07) is 18.3. The molecular weight excluding hydrogens is 216 g/mol. The third-order valence-electron chi connectivity index (χ3n) is 2.53. The van der Waals surface area contributed by atoms with Crippen molar-refractivity contribution in [3.05, 3.63) is 76.8 Å². The molecule has 0 heterocycles. The van der Waals surface area contributed by atoms with Crippen LogP contribution in [-0.4, -0.2) is 0 Å². The minimum Gasteiger partial charge on any atom is -0.0843 e. The van der Waals surface area contributed by atoms with E-state index in [1.165, 1.54) is 16.7 Å². The van der Waals surface area contributed by atoms with Crippen LogP contribution in [0.4, 0.5) is 0 Å². The Kier molecular flexibility index (Phi) is 3.43. The van der Waals surface area contributed by atoms with Crippen LogP contribution >= 0.6 is 11.6 Å². The van der Waals surface area contributed by atoms with Crippen LogP contribution in [0.25, 0.3) is 5.57 Å². The fourth-order valence-corrected chi connectivity index (χ4v) is 1.87. The zero-order chi connectivity index (χ0) is 11.4. The first-order valence-corrected chi connectivity index (χ1v) is 5.67. The molecule has 0 nitrogen and oxygen atoms in total. The van der Waals surface area contributed by atoms with E-state index < -0.39 is 0 Å². The van der Waals surface area contributed by atoms with Gasteiger partial charge in [0, 0.05) is 5.02 Å². The summed E-state index contributed by atoms with van der Waals surface area (Å²) < 4.78 is 0. The van der Waals surface area contributed by atoms with Gasteiger partial charge < -0.3 is 0 Å². The summed E-state index contributed by atoms with van der Waals surface area (Å²) in [6.45, 7) is 2.05. The molecule has 0 fully saturated rings. The molecule has 1 heteroatoms. The van der Waals surface area contributed by atoms with Gasteiger partial charge in [-0.2, -0.15) is 0 Å². The molecule has 0 atom stereocenters. The number of halogens is 1. The Hall–Kier alpha value is -1.53. The summed E-state index contributed by atoms with van der Waals surface area (Å²) in [5, 5.41) is 0.771. The number of rotatable bonds is 2. The standard InChI is InChI=1S/C15H13Cl/c1-2-15(12-6-4-3-5-7-12)13-8-10-14(16)11-9-13/h2-11H,1H3. The Morgan fingerprint density at radius 3 is 2.00 bits per heavy atom. The summed E-state index contributed by atoms with van der Waals surface area (Å²) in [6.07, 6.45) is 2.12. The van der Waals surface area contributed by atoms with E-state index in [0.717, 1.165) is 5.02 Å². The van der Waals surface area contributed by atoms with E-state index in [1.54, 1.807) is 0 Å². The average molecular weight is 229 g/mol. The predicted molar refractivity (Wildman–Crippen MR) is 70.6 cm³/mol. The fraction of sp³-hybridized carbons (Fsp3) is 0.0667. The maximum Gasteiger partial charge on any atom is 0.0406 e. The SMILES string of the molecule is CC=C(c1ccccc1)c1ccc(Cl)cc1. The van der Waals surface area contributed by atoms with Crippen molar-refractivity contribution in [2.24, 2.45) is 0 Å². The van der Waals surface area contributed by atoms with Crippen molar-refractivity contribution < 1.29 is 0 Å². The molecule has 0 aromatic heterocycles. The van der Waals surface area contributed by atoms with Gasteiger partial charge in [-0.3, -0.25) is 0 Å². The fourth-order valence-electron chi connectivity index (χ4n) is 1.75. The van der Waals surface area contributed by atoms with E-state index in [9.17, 15) is 0 Å². The lowest BCUT2D eigenvalue weighted by Gasteiger charge is -2.07. The van der Waals surface area contributed by atoms with Crippen LogP contribution in [-0.2, 0) is 0 Å². The van der Waals surface area contributed by atoms with Crippen LogP contribution in [0.3, 0.4) is 0 Å². The Bertz CT molecular complexity index is 481. The van der Waals surface area contributed by atoms with Gasteiger partial charge >= 0.3 is 0 Å². The number of hydrogen-bond acceptors (Lipinski definition) is 0. The molecule has 0 unspecified atom stereocenters. The van der Waals surface area contributed by atoms with E-state index in [2.05, 4.69) is 37.3 Å². The zero-order valence-corrected chi connectivity index (χ0v) is 9.91. The lowest BCUT2D eigenvalue weighted by molar-refractivity contribution is 1.53. The van der Waals surface area contributed by atoms with Gasteiger partial charge in [-0.1, -0.05) is 60.1 Å². The van der Waals surface area contributed by atoms with Crippen LogP contribution in [0.1, 0.15) is 18.1 Å². The van der Waals surface area contributed by atoms with E-state index in [1.807, 2.05) is 30.3 Å². The molecule has 0 aliphatic carbocycles. The number of hydrogen-bond donors (Lipinski definition) is 0. The van der Waals surface area contributed by atoms with Gasteiger partial charge in [0.25, 0.3) is 0 Å². The largest absolute Gasteiger partial charge is 0.0843 e. The lowest BCUT2D eigenvalue weighted by atomic mass is 9.98. The highest BCUT2D eigenvalue weighted by Gasteiger charge is 2.02. The van der Waals surface area contributed by atoms with Crippen molar-refractivity contribution in [3.8, 4) is 0 Å². The first kappa shape index (κ1) is 11.0. The van der Waals surface area contributed by atoms with Gasteiger partial charge in [0.2, 0.25) is 0 Å². The third-order valence-corrected chi connectivity index (χ3v) is 2.78. The third kappa shape index (κ3) is 2.34. The second kappa shape index (κ2) is 5.00. The van der Waals surface area contributed by atoms with Crippen molar-refractivity contribution in [1.82, 2.24) is 0 Å². The van der Waals surface area contributed by atoms with Crippen molar-refractivity contribution >= 4 is 17.2 Å². The Balaban J connectivity index is 2.42. The van der Waals surface area contributed by atoms with Crippen molar-refractivity contribution in [1.29, 1.82) is 0 Å².